The zero-order valence-corrected chi connectivity index (χ0v) is 9.34. The van der Waals surface area contributed by atoms with Crippen molar-refractivity contribution < 1.29 is 0 Å². The first-order valence-electron chi connectivity index (χ1n) is 5.95. The molecular weight excluding hydrogens is 196 g/mol. The molecule has 0 unspecified atom stereocenters. The Morgan fingerprint density at radius 3 is 3.06 bits per heavy atom. The molecule has 0 saturated heterocycles. The maximum absolute atomic E-state index is 4.32. The Morgan fingerprint density at radius 1 is 1.25 bits per heavy atom. The van der Waals surface area contributed by atoms with E-state index in [1.807, 2.05) is 12.3 Å². The summed E-state index contributed by atoms with van der Waals surface area (Å²) in [6.45, 7) is 0.801. The van der Waals surface area contributed by atoms with E-state index in [0.717, 1.165) is 6.67 Å². The van der Waals surface area contributed by atoms with E-state index >= 15 is 0 Å². The highest BCUT2D eigenvalue weighted by atomic mass is 15.2. The van der Waals surface area contributed by atoms with Gasteiger partial charge < -0.3 is 4.90 Å². The van der Waals surface area contributed by atoms with Crippen LogP contribution in [0.4, 0.5) is 0 Å². The van der Waals surface area contributed by atoms with Crippen LogP contribution >= 0.6 is 0 Å². The lowest BCUT2D eigenvalue weighted by Gasteiger charge is -2.34. The SMILES string of the molecule is C1=CN([C@@H]2CCCc3ccccc32)CN=C1. The van der Waals surface area contributed by atoms with E-state index in [1.54, 1.807) is 0 Å². The summed E-state index contributed by atoms with van der Waals surface area (Å²) in [6, 6.07) is 9.35. The molecule has 82 valence electrons. The van der Waals surface area contributed by atoms with Crippen LogP contribution in [-0.2, 0) is 6.42 Å². The van der Waals surface area contributed by atoms with Gasteiger partial charge in [-0.1, -0.05) is 24.3 Å². The molecule has 2 heteroatoms. The summed E-state index contributed by atoms with van der Waals surface area (Å²) in [5.41, 5.74) is 3.01. The van der Waals surface area contributed by atoms with Crippen LogP contribution < -0.4 is 0 Å². The Morgan fingerprint density at radius 2 is 2.19 bits per heavy atom. The number of hydrogen-bond donors (Lipinski definition) is 0. The monoisotopic (exact) mass is 212 g/mol. The van der Waals surface area contributed by atoms with Crippen LogP contribution in [0.2, 0.25) is 0 Å². The van der Waals surface area contributed by atoms with Gasteiger partial charge in [-0.25, -0.2) is 0 Å². The number of rotatable bonds is 1. The normalized spacial score (nSPS) is 23.2. The fourth-order valence-corrected chi connectivity index (χ4v) is 2.67. The van der Waals surface area contributed by atoms with Crippen LogP contribution in [0.25, 0.3) is 0 Å². The van der Waals surface area contributed by atoms with Gasteiger partial charge in [0.05, 0.1) is 6.04 Å². The van der Waals surface area contributed by atoms with Crippen molar-refractivity contribution in [2.24, 2.45) is 4.99 Å². The van der Waals surface area contributed by atoms with Gasteiger partial charge in [0, 0.05) is 12.4 Å². The van der Waals surface area contributed by atoms with Gasteiger partial charge in [-0.05, 0) is 36.5 Å². The average molecular weight is 212 g/mol. The lowest BCUT2D eigenvalue weighted by Crippen LogP contribution is -2.28. The maximum atomic E-state index is 4.32. The Hall–Kier alpha value is -1.57. The standard InChI is InChI=1S/C14H16N2/c1-2-7-13-12(5-1)6-3-8-14(13)16-10-4-9-15-11-16/h1-2,4-5,7,9-10,14H,3,6,8,11H2/t14-/m1/s1. The number of nitrogens with zero attached hydrogens (tertiary/aromatic N) is 2. The molecule has 0 amide bonds. The van der Waals surface area contributed by atoms with E-state index < -0.39 is 0 Å². The van der Waals surface area contributed by atoms with Gasteiger partial charge in [0.25, 0.3) is 0 Å². The highest BCUT2D eigenvalue weighted by Gasteiger charge is 2.23. The van der Waals surface area contributed by atoms with Crippen molar-refractivity contribution in [3.63, 3.8) is 0 Å². The summed E-state index contributed by atoms with van der Waals surface area (Å²) in [6.07, 6.45) is 9.84. The fraction of sp³-hybridized carbons (Fsp3) is 0.357. The predicted octanol–water partition coefficient (Wildman–Crippen LogP) is 2.92. The van der Waals surface area contributed by atoms with Crippen LogP contribution in [0.1, 0.15) is 30.0 Å². The molecule has 1 heterocycles. The summed E-state index contributed by atoms with van der Waals surface area (Å²) in [4.78, 5) is 6.67. The molecular formula is C14H16N2. The molecule has 1 atom stereocenters. The van der Waals surface area contributed by atoms with Crippen molar-refractivity contribution in [1.82, 2.24) is 4.90 Å². The van der Waals surface area contributed by atoms with Gasteiger partial charge in [-0.2, -0.15) is 0 Å². The fourth-order valence-electron chi connectivity index (χ4n) is 2.67. The van der Waals surface area contributed by atoms with E-state index in [4.69, 9.17) is 0 Å². The summed E-state index contributed by atoms with van der Waals surface area (Å²) in [5.74, 6) is 0. The molecule has 1 aliphatic heterocycles. The molecule has 0 radical (unpaired) electrons. The third kappa shape index (κ3) is 1.64. The van der Waals surface area contributed by atoms with E-state index in [0.29, 0.717) is 6.04 Å². The molecule has 1 aromatic carbocycles. The summed E-state index contributed by atoms with van der Waals surface area (Å²) >= 11 is 0. The minimum absolute atomic E-state index is 0.527. The quantitative estimate of drug-likeness (QED) is 0.699. The van der Waals surface area contributed by atoms with E-state index in [9.17, 15) is 0 Å². The van der Waals surface area contributed by atoms with Crippen molar-refractivity contribution >= 4 is 6.21 Å². The smallest absolute Gasteiger partial charge is 0.110 e. The first-order valence-corrected chi connectivity index (χ1v) is 5.95. The van der Waals surface area contributed by atoms with Crippen molar-refractivity contribution in [3.05, 3.63) is 47.7 Å². The Bertz CT molecular complexity index is 434. The van der Waals surface area contributed by atoms with E-state index in [1.165, 1.54) is 30.4 Å². The lowest BCUT2D eigenvalue weighted by molar-refractivity contribution is 0.258. The number of aryl methyl sites for hydroxylation is 1. The first-order chi connectivity index (χ1) is 7.95. The molecule has 0 saturated carbocycles. The highest BCUT2D eigenvalue weighted by molar-refractivity contribution is 5.71. The third-order valence-electron chi connectivity index (χ3n) is 3.45. The topological polar surface area (TPSA) is 15.6 Å². The Balaban J connectivity index is 1.92. The van der Waals surface area contributed by atoms with Gasteiger partial charge in [-0.15, -0.1) is 0 Å². The first kappa shape index (κ1) is 9.64. The van der Waals surface area contributed by atoms with Gasteiger partial charge in [0.2, 0.25) is 0 Å². The van der Waals surface area contributed by atoms with Crippen molar-refractivity contribution in [2.45, 2.75) is 25.3 Å². The molecule has 0 fully saturated rings. The molecule has 2 aliphatic rings. The lowest BCUT2D eigenvalue weighted by atomic mass is 9.87. The molecule has 16 heavy (non-hydrogen) atoms. The second-order valence-corrected chi connectivity index (χ2v) is 4.44. The van der Waals surface area contributed by atoms with Crippen molar-refractivity contribution in [2.75, 3.05) is 6.67 Å². The Labute approximate surface area is 96.3 Å². The number of fused-ring (bicyclic) bond motifs is 1. The van der Waals surface area contributed by atoms with Gasteiger partial charge >= 0.3 is 0 Å². The average Bonchev–Trinajstić information content (AvgIpc) is 2.39. The number of aliphatic imine (C=N–C) groups is 1. The number of hydrogen-bond acceptors (Lipinski definition) is 2. The highest BCUT2D eigenvalue weighted by Crippen LogP contribution is 2.34. The summed E-state index contributed by atoms with van der Waals surface area (Å²) in [7, 11) is 0. The summed E-state index contributed by atoms with van der Waals surface area (Å²) < 4.78 is 0. The van der Waals surface area contributed by atoms with Gasteiger partial charge in [0.1, 0.15) is 6.67 Å². The van der Waals surface area contributed by atoms with Crippen LogP contribution in [0.5, 0.6) is 0 Å². The molecule has 2 nitrogen and oxygen atoms in total. The third-order valence-corrected chi connectivity index (χ3v) is 3.45. The Kier molecular flexibility index (Phi) is 2.49. The molecule has 1 aromatic rings. The molecule has 1 aliphatic carbocycles. The second-order valence-electron chi connectivity index (χ2n) is 4.44. The molecule has 3 rings (SSSR count). The van der Waals surface area contributed by atoms with Crippen LogP contribution in [0.15, 0.2) is 41.5 Å². The molecule has 0 aromatic heterocycles. The zero-order chi connectivity index (χ0) is 10.8. The van der Waals surface area contributed by atoms with Gasteiger partial charge in [-0.3, -0.25) is 4.99 Å². The van der Waals surface area contributed by atoms with Gasteiger partial charge in [0.15, 0.2) is 0 Å². The van der Waals surface area contributed by atoms with Crippen molar-refractivity contribution in [1.29, 1.82) is 0 Å². The minimum Gasteiger partial charge on any atom is -0.351 e. The molecule has 0 spiro atoms. The second kappa shape index (κ2) is 4.12. The van der Waals surface area contributed by atoms with Crippen LogP contribution in [-0.4, -0.2) is 17.8 Å². The van der Waals surface area contributed by atoms with E-state index in [2.05, 4.69) is 40.4 Å². The molecule has 0 N–H and O–H groups in total. The van der Waals surface area contributed by atoms with Crippen molar-refractivity contribution in [3.8, 4) is 0 Å². The van der Waals surface area contributed by atoms with Crippen LogP contribution in [0, 0.1) is 0 Å². The molecule has 0 bridgehead atoms. The number of allylic oxidation sites excluding steroid dienone is 1. The predicted molar refractivity (Wildman–Crippen MR) is 66.5 cm³/mol. The minimum atomic E-state index is 0.527. The maximum Gasteiger partial charge on any atom is 0.110 e. The van der Waals surface area contributed by atoms with E-state index in [-0.39, 0.29) is 0 Å². The van der Waals surface area contributed by atoms with Crippen LogP contribution in [0.3, 0.4) is 0 Å². The number of benzene rings is 1. The zero-order valence-electron chi connectivity index (χ0n) is 9.34. The summed E-state index contributed by atoms with van der Waals surface area (Å²) in [5, 5.41) is 0. The largest absolute Gasteiger partial charge is 0.351 e.